The third kappa shape index (κ3) is 2.10. The van der Waals surface area contributed by atoms with Crippen LogP contribution in [0.25, 0.3) is 0 Å². The van der Waals surface area contributed by atoms with Crippen LogP contribution in [0.15, 0.2) is 36.4 Å². The lowest BCUT2D eigenvalue weighted by molar-refractivity contribution is 0.0380. The van der Waals surface area contributed by atoms with Crippen LogP contribution in [0.2, 0.25) is 0 Å². The van der Waals surface area contributed by atoms with Crippen LogP contribution in [0.5, 0.6) is 0 Å². The molecule has 104 valence electrons. The Hall–Kier alpha value is -1.81. The van der Waals surface area contributed by atoms with E-state index >= 15 is 0 Å². The second kappa shape index (κ2) is 4.63. The number of fused-ring (bicyclic) bond motifs is 1. The first kappa shape index (κ1) is 13.2. The zero-order valence-corrected chi connectivity index (χ0v) is 10.7. The van der Waals surface area contributed by atoms with Crippen molar-refractivity contribution in [2.75, 3.05) is 0 Å². The highest BCUT2D eigenvalue weighted by molar-refractivity contribution is 5.39. The molecule has 0 spiro atoms. The van der Waals surface area contributed by atoms with Gasteiger partial charge >= 0.3 is 0 Å². The number of aliphatic hydroxyl groups is 1. The molecule has 0 radical (unpaired) electrons. The van der Waals surface area contributed by atoms with Crippen molar-refractivity contribution in [2.45, 2.75) is 24.9 Å². The summed E-state index contributed by atoms with van der Waals surface area (Å²) in [6.07, 6.45) is 0.761. The van der Waals surface area contributed by atoms with Crippen LogP contribution >= 0.6 is 0 Å². The molecule has 20 heavy (non-hydrogen) atoms. The molecule has 0 fully saturated rings. The molecule has 0 saturated carbocycles. The first-order chi connectivity index (χ1) is 9.49. The quantitative estimate of drug-likeness (QED) is 0.891. The summed E-state index contributed by atoms with van der Waals surface area (Å²) in [7, 11) is 0. The number of hydrogen-bond acceptors (Lipinski definition) is 1. The predicted molar refractivity (Wildman–Crippen MR) is 68.7 cm³/mol. The Morgan fingerprint density at radius 2 is 1.85 bits per heavy atom. The number of benzene rings is 2. The smallest absolute Gasteiger partial charge is 0.129 e. The van der Waals surface area contributed by atoms with E-state index in [4.69, 9.17) is 0 Å². The highest BCUT2D eigenvalue weighted by atomic mass is 19.1. The van der Waals surface area contributed by atoms with Gasteiger partial charge in [-0.2, -0.15) is 0 Å². The Bertz CT molecular complexity index is 669. The summed E-state index contributed by atoms with van der Waals surface area (Å²) in [6.45, 7) is 0. The van der Waals surface area contributed by atoms with E-state index in [1.165, 1.54) is 18.2 Å². The van der Waals surface area contributed by atoms with E-state index in [1.54, 1.807) is 6.07 Å². The lowest BCUT2D eigenvalue weighted by Crippen LogP contribution is -2.26. The van der Waals surface area contributed by atoms with E-state index < -0.39 is 17.2 Å². The van der Waals surface area contributed by atoms with Crippen LogP contribution in [0.1, 0.15) is 23.1 Å². The van der Waals surface area contributed by atoms with Gasteiger partial charge in [-0.15, -0.1) is 0 Å². The van der Waals surface area contributed by atoms with Gasteiger partial charge in [0.15, 0.2) is 0 Å². The van der Waals surface area contributed by atoms with Crippen LogP contribution in [-0.4, -0.2) is 5.11 Å². The highest BCUT2D eigenvalue weighted by Gasteiger charge is 2.38. The van der Waals surface area contributed by atoms with Gasteiger partial charge in [0.1, 0.15) is 17.5 Å². The molecule has 1 aliphatic carbocycles. The second-order valence-electron chi connectivity index (χ2n) is 5.21. The molecule has 1 nitrogen and oxygen atoms in total. The minimum atomic E-state index is -1.30. The standard InChI is InChI=1S/C16H13F3O/c17-11-5-4-10(15(19)8-11)9-16(20)7-6-12-13(16)2-1-3-14(12)18/h1-5,8,20H,6-7,9H2. The molecule has 0 saturated heterocycles. The lowest BCUT2D eigenvalue weighted by atomic mass is 9.88. The SMILES string of the molecule is OC1(Cc2ccc(F)cc2F)CCc2c(F)cccc21. The van der Waals surface area contributed by atoms with Crippen LogP contribution in [0, 0.1) is 17.5 Å². The highest BCUT2D eigenvalue weighted by Crippen LogP contribution is 2.40. The van der Waals surface area contributed by atoms with Gasteiger partial charge in [-0.1, -0.05) is 18.2 Å². The van der Waals surface area contributed by atoms with Crippen molar-refractivity contribution in [1.82, 2.24) is 0 Å². The molecule has 0 aliphatic heterocycles. The molecule has 1 unspecified atom stereocenters. The fourth-order valence-corrected chi connectivity index (χ4v) is 2.88. The Balaban J connectivity index is 1.98. The van der Waals surface area contributed by atoms with Crippen molar-refractivity contribution in [3.63, 3.8) is 0 Å². The largest absolute Gasteiger partial charge is 0.385 e. The van der Waals surface area contributed by atoms with Gasteiger partial charge in [-0.3, -0.25) is 0 Å². The average Bonchev–Trinajstić information content (AvgIpc) is 2.73. The number of hydrogen-bond donors (Lipinski definition) is 1. The first-order valence-corrected chi connectivity index (χ1v) is 6.44. The Morgan fingerprint density at radius 1 is 1.05 bits per heavy atom. The Morgan fingerprint density at radius 3 is 2.60 bits per heavy atom. The summed E-state index contributed by atoms with van der Waals surface area (Å²) in [6, 6.07) is 7.81. The third-order valence-corrected chi connectivity index (χ3v) is 3.91. The molecule has 1 aliphatic rings. The summed E-state index contributed by atoms with van der Waals surface area (Å²) >= 11 is 0. The molecule has 0 amide bonds. The fourth-order valence-electron chi connectivity index (χ4n) is 2.88. The molecular formula is C16H13F3O. The van der Waals surface area contributed by atoms with E-state index in [0.717, 1.165) is 12.1 Å². The monoisotopic (exact) mass is 278 g/mol. The van der Waals surface area contributed by atoms with E-state index in [0.29, 0.717) is 24.0 Å². The zero-order valence-electron chi connectivity index (χ0n) is 10.7. The van der Waals surface area contributed by atoms with E-state index in [2.05, 4.69) is 0 Å². The van der Waals surface area contributed by atoms with Crippen molar-refractivity contribution in [3.05, 3.63) is 70.5 Å². The topological polar surface area (TPSA) is 20.2 Å². The van der Waals surface area contributed by atoms with Crippen LogP contribution in [0.3, 0.4) is 0 Å². The molecule has 2 aromatic carbocycles. The van der Waals surface area contributed by atoms with Crippen LogP contribution in [-0.2, 0) is 18.4 Å². The van der Waals surface area contributed by atoms with Gasteiger partial charge in [-0.25, -0.2) is 13.2 Å². The molecule has 3 rings (SSSR count). The summed E-state index contributed by atoms with van der Waals surface area (Å²) < 4.78 is 40.3. The van der Waals surface area contributed by atoms with Crippen molar-refractivity contribution < 1.29 is 18.3 Å². The normalized spacial score (nSPS) is 21.0. The molecule has 1 N–H and O–H groups in total. The maximum absolute atomic E-state index is 13.7. The van der Waals surface area contributed by atoms with Crippen molar-refractivity contribution in [3.8, 4) is 0 Å². The molecule has 2 aromatic rings. The summed E-state index contributed by atoms with van der Waals surface area (Å²) in [5, 5.41) is 10.7. The summed E-state index contributed by atoms with van der Waals surface area (Å²) in [5.74, 6) is -1.70. The maximum Gasteiger partial charge on any atom is 0.129 e. The molecule has 0 heterocycles. The minimum absolute atomic E-state index is 0.00949. The zero-order chi connectivity index (χ0) is 14.3. The van der Waals surface area contributed by atoms with Crippen molar-refractivity contribution >= 4 is 0 Å². The first-order valence-electron chi connectivity index (χ1n) is 6.44. The number of halogens is 3. The van der Waals surface area contributed by atoms with Crippen LogP contribution in [0.4, 0.5) is 13.2 Å². The molecule has 0 bridgehead atoms. The predicted octanol–water partition coefficient (Wildman–Crippen LogP) is 3.48. The number of rotatable bonds is 2. The maximum atomic E-state index is 13.7. The van der Waals surface area contributed by atoms with Gasteiger partial charge in [0.25, 0.3) is 0 Å². The van der Waals surface area contributed by atoms with Gasteiger partial charge in [0.2, 0.25) is 0 Å². The van der Waals surface area contributed by atoms with E-state index in [1.807, 2.05) is 0 Å². The van der Waals surface area contributed by atoms with Crippen molar-refractivity contribution in [1.29, 1.82) is 0 Å². The summed E-state index contributed by atoms with van der Waals surface area (Å²) in [5.41, 5.74) is -0.0828. The third-order valence-electron chi connectivity index (χ3n) is 3.91. The summed E-state index contributed by atoms with van der Waals surface area (Å²) in [4.78, 5) is 0. The Kier molecular flexibility index (Phi) is 3.05. The molecule has 1 atom stereocenters. The van der Waals surface area contributed by atoms with Gasteiger partial charge in [-0.05, 0) is 41.7 Å². The second-order valence-corrected chi connectivity index (χ2v) is 5.21. The van der Waals surface area contributed by atoms with Gasteiger partial charge < -0.3 is 5.11 Å². The lowest BCUT2D eigenvalue weighted by Gasteiger charge is -2.24. The minimum Gasteiger partial charge on any atom is -0.385 e. The van der Waals surface area contributed by atoms with E-state index in [-0.39, 0.29) is 17.8 Å². The van der Waals surface area contributed by atoms with E-state index in [9.17, 15) is 18.3 Å². The van der Waals surface area contributed by atoms with Crippen LogP contribution < -0.4 is 0 Å². The molecular weight excluding hydrogens is 265 g/mol. The fraction of sp³-hybridized carbons (Fsp3) is 0.250. The Labute approximate surface area is 114 Å². The van der Waals surface area contributed by atoms with Crippen molar-refractivity contribution in [2.24, 2.45) is 0 Å². The van der Waals surface area contributed by atoms with Gasteiger partial charge in [0.05, 0.1) is 5.60 Å². The molecule has 4 heteroatoms. The average molecular weight is 278 g/mol. The molecule has 0 aromatic heterocycles. The van der Waals surface area contributed by atoms with Gasteiger partial charge in [0, 0.05) is 12.5 Å².